The number of anilines is 1. The number of hydrogen-bond donors (Lipinski definition) is 1. The van der Waals surface area contributed by atoms with Crippen molar-refractivity contribution >= 4 is 31.3 Å². The van der Waals surface area contributed by atoms with Gasteiger partial charge in [-0.3, -0.25) is 4.79 Å². The normalized spacial score (nSPS) is 16.3. The van der Waals surface area contributed by atoms with Gasteiger partial charge in [0.25, 0.3) is 9.05 Å². The summed E-state index contributed by atoms with van der Waals surface area (Å²) in [5.74, 6) is -0.704. The number of carbonyl (C=O) groups excluding carboxylic acids is 1. The highest BCUT2D eigenvalue weighted by molar-refractivity contribution is 8.13. The predicted octanol–water partition coefficient (Wildman–Crippen LogP) is 3.27. The molecule has 0 saturated heterocycles. The molecular weight excluding hydrogens is 305 g/mol. The van der Waals surface area contributed by atoms with Gasteiger partial charge in [0.1, 0.15) is 5.82 Å². The zero-order valence-electron chi connectivity index (χ0n) is 10.7. The molecule has 1 aliphatic rings. The Labute approximate surface area is 121 Å². The fourth-order valence-corrected chi connectivity index (χ4v) is 3.19. The molecule has 1 N–H and O–H groups in total. The Bertz CT molecular complexity index is 612. The predicted molar refractivity (Wildman–Crippen MR) is 74.6 cm³/mol. The van der Waals surface area contributed by atoms with Gasteiger partial charge in [0.2, 0.25) is 5.91 Å². The van der Waals surface area contributed by atoms with Gasteiger partial charge in [-0.2, -0.15) is 0 Å². The number of nitrogens with one attached hydrogen (secondary N) is 1. The fraction of sp³-hybridized carbons (Fsp3) is 0.462. The van der Waals surface area contributed by atoms with E-state index in [0.717, 1.165) is 37.8 Å². The molecule has 1 saturated carbocycles. The lowest BCUT2D eigenvalue weighted by Crippen LogP contribution is -2.16. The van der Waals surface area contributed by atoms with Gasteiger partial charge in [0.15, 0.2) is 0 Å². The zero-order chi connectivity index (χ0) is 14.8. The molecule has 0 aromatic heterocycles. The largest absolute Gasteiger partial charge is 0.324 e. The van der Waals surface area contributed by atoms with Crippen LogP contribution >= 0.6 is 10.7 Å². The Hall–Kier alpha value is -1.14. The topological polar surface area (TPSA) is 63.2 Å². The molecule has 0 heterocycles. The number of halogens is 2. The van der Waals surface area contributed by atoms with Gasteiger partial charge in [-0.15, -0.1) is 0 Å². The van der Waals surface area contributed by atoms with Crippen LogP contribution < -0.4 is 5.32 Å². The Morgan fingerprint density at radius 3 is 2.55 bits per heavy atom. The second kappa shape index (κ2) is 6.10. The van der Waals surface area contributed by atoms with Crippen molar-refractivity contribution in [3.8, 4) is 0 Å². The van der Waals surface area contributed by atoms with Crippen molar-refractivity contribution in [2.24, 2.45) is 5.92 Å². The van der Waals surface area contributed by atoms with E-state index in [-0.39, 0.29) is 16.5 Å². The molecule has 4 nitrogen and oxygen atoms in total. The third-order valence-electron chi connectivity index (χ3n) is 3.44. The Morgan fingerprint density at radius 1 is 1.35 bits per heavy atom. The van der Waals surface area contributed by atoms with E-state index in [9.17, 15) is 17.6 Å². The first kappa shape index (κ1) is 15.3. The maximum atomic E-state index is 13.7. The van der Waals surface area contributed by atoms with Crippen molar-refractivity contribution in [2.45, 2.75) is 37.0 Å². The lowest BCUT2D eigenvalue weighted by molar-refractivity contribution is -0.117. The molecular formula is C13H15ClFNO3S. The van der Waals surface area contributed by atoms with E-state index in [1.54, 1.807) is 0 Å². The minimum absolute atomic E-state index is 0.0305. The highest BCUT2D eigenvalue weighted by Crippen LogP contribution is 2.28. The average Bonchev–Trinajstić information content (AvgIpc) is 2.83. The summed E-state index contributed by atoms with van der Waals surface area (Å²) >= 11 is 0. The first-order chi connectivity index (χ1) is 9.36. The van der Waals surface area contributed by atoms with Crippen LogP contribution in [0.25, 0.3) is 0 Å². The van der Waals surface area contributed by atoms with Gasteiger partial charge in [-0.05, 0) is 37.0 Å². The van der Waals surface area contributed by atoms with Gasteiger partial charge >= 0.3 is 0 Å². The summed E-state index contributed by atoms with van der Waals surface area (Å²) in [5.41, 5.74) is -0.0305. The van der Waals surface area contributed by atoms with Crippen molar-refractivity contribution in [3.63, 3.8) is 0 Å². The zero-order valence-corrected chi connectivity index (χ0v) is 12.3. The molecule has 1 aliphatic carbocycles. The van der Waals surface area contributed by atoms with E-state index in [4.69, 9.17) is 10.7 Å². The van der Waals surface area contributed by atoms with Crippen LogP contribution in [0.2, 0.25) is 0 Å². The summed E-state index contributed by atoms with van der Waals surface area (Å²) in [6.45, 7) is 0. The van der Waals surface area contributed by atoms with Gasteiger partial charge < -0.3 is 5.32 Å². The number of hydrogen-bond acceptors (Lipinski definition) is 3. The first-order valence-corrected chi connectivity index (χ1v) is 8.71. The van der Waals surface area contributed by atoms with Crippen LogP contribution in [0.4, 0.5) is 10.1 Å². The summed E-state index contributed by atoms with van der Waals surface area (Å²) in [7, 11) is 1.15. The highest BCUT2D eigenvalue weighted by atomic mass is 35.7. The van der Waals surface area contributed by atoms with E-state index in [2.05, 4.69) is 5.32 Å². The molecule has 1 aromatic rings. The number of benzene rings is 1. The van der Waals surface area contributed by atoms with Crippen LogP contribution in [0.5, 0.6) is 0 Å². The summed E-state index contributed by atoms with van der Waals surface area (Å²) in [6, 6.07) is 3.17. The van der Waals surface area contributed by atoms with Crippen molar-refractivity contribution in [3.05, 3.63) is 24.0 Å². The summed E-state index contributed by atoms with van der Waals surface area (Å²) in [6.07, 6.45) is 4.69. The van der Waals surface area contributed by atoms with Gasteiger partial charge in [-0.25, -0.2) is 12.8 Å². The van der Waals surface area contributed by atoms with Crippen molar-refractivity contribution in [1.29, 1.82) is 0 Å². The molecule has 1 aromatic carbocycles. The summed E-state index contributed by atoms with van der Waals surface area (Å²) in [4.78, 5) is 11.5. The van der Waals surface area contributed by atoms with Gasteiger partial charge in [-0.1, -0.05) is 12.8 Å². The van der Waals surface area contributed by atoms with Crippen LogP contribution in [0.1, 0.15) is 32.1 Å². The van der Waals surface area contributed by atoms with Crippen LogP contribution in [-0.2, 0) is 13.8 Å². The number of carbonyl (C=O) groups is 1. The third kappa shape index (κ3) is 3.93. The Morgan fingerprint density at radius 2 is 2.00 bits per heavy atom. The second-order valence-corrected chi connectivity index (χ2v) is 7.55. The molecule has 7 heteroatoms. The molecule has 0 aliphatic heterocycles. The van der Waals surface area contributed by atoms with Crippen LogP contribution in [0, 0.1) is 11.7 Å². The van der Waals surface area contributed by atoms with Gasteiger partial charge in [0.05, 0.1) is 10.6 Å². The standard InChI is InChI=1S/C13H15ClFNO3S/c14-20(18,19)10-5-6-12(11(15)8-10)16-13(17)7-9-3-1-2-4-9/h5-6,8-9H,1-4,7H2,(H,16,17). The molecule has 1 fully saturated rings. The maximum absolute atomic E-state index is 13.7. The quantitative estimate of drug-likeness (QED) is 0.866. The molecule has 110 valence electrons. The van der Waals surface area contributed by atoms with Gasteiger partial charge in [0, 0.05) is 17.1 Å². The van der Waals surface area contributed by atoms with E-state index < -0.39 is 14.9 Å². The number of amides is 1. The van der Waals surface area contributed by atoms with E-state index in [1.807, 2.05) is 0 Å². The monoisotopic (exact) mass is 319 g/mol. The molecule has 2 rings (SSSR count). The third-order valence-corrected chi connectivity index (χ3v) is 4.80. The lowest BCUT2D eigenvalue weighted by Gasteiger charge is -2.10. The van der Waals surface area contributed by atoms with Crippen molar-refractivity contribution < 1.29 is 17.6 Å². The Balaban J connectivity index is 2.04. The molecule has 0 unspecified atom stereocenters. The molecule has 0 spiro atoms. The molecule has 0 radical (unpaired) electrons. The SMILES string of the molecule is O=C(CC1CCCC1)Nc1ccc(S(=O)(=O)Cl)cc1F. The van der Waals surface area contributed by atoms with E-state index in [0.29, 0.717) is 12.3 Å². The average molecular weight is 320 g/mol. The Kier molecular flexibility index (Phi) is 4.65. The maximum Gasteiger partial charge on any atom is 0.261 e. The number of rotatable bonds is 4. The van der Waals surface area contributed by atoms with E-state index in [1.165, 1.54) is 6.07 Å². The van der Waals surface area contributed by atoms with Crippen LogP contribution in [0.15, 0.2) is 23.1 Å². The molecule has 1 amide bonds. The second-order valence-electron chi connectivity index (χ2n) is 4.98. The first-order valence-electron chi connectivity index (χ1n) is 6.40. The molecule has 0 atom stereocenters. The van der Waals surface area contributed by atoms with E-state index >= 15 is 0 Å². The molecule has 20 heavy (non-hydrogen) atoms. The van der Waals surface area contributed by atoms with Crippen LogP contribution in [-0.4, -0.2) is 14.3 Å². The summed E-state index contributed by atoms with van der Waals surface area (Å²) in [5, 5.41) is 2.46. The smallest absolute Gasteiger partial charge is 0.261 e. The summed E-state index contributed by atoms with van der Waals surface area (Å²) < 4.78 is 35.8. The lowest BCUT2D eigenvalue weighted by atomic mass is 10.0. The van der Waals surface area contributed by atoms with Crippen molar-refractivity contribution in [2.75, 3.05) is 5.32 Å². The van der Waals surface area contributed by atoms with Crippen LogP contribution in [0.3, 0.4) is 0 Å². The minimum atomic E-state index is -3.97. The highest BCUT2D eigenvalue weighted by Gasteiger charge is 2.19. The fourth-order valence-electron chi connectivity index (χ4n) is 2.43. The minimum Gasteiger partial charge on any atom is -0.324 e. The molecule has 0 bridgehead atoms. The van der Waals surface area contributed by atoms with Crippen molar-refractivity contribution in [1.82, 2.24) is 0 Å².